The van der Waals surface area contributed by atoms with Gasteiger partial charge in [0.2, 0.25) is 0 Å². The molecule has 26 heavy (non-hydrogen) atoms. The minimum Gasteiger partial charge on any atom is -0.406 e. The Morgan fingerprint density at radius 2 is 1.88 bits per heavy atom. The molecule has 0 aliphatic rings. The summed E-state index contributed by atoms with van der Waals surface area (Å²) in [6.45, 7) is 0.404. The van der Waals surface area contributed by atoms with Gasteiger partial charge in [0.15, 0.2) is 0 Å². The van der Waals surface area contributed by atoms with E-state index in [2.05, 4.69) is 20.0 Å². The summed E-state index contributed by atoms with van der Waals surface area (Å²) in [5, 5.41) is 3.05. The van der Waals surface area contributed by atoms with Crippen LogP contribution in [0.3, 0.4) is 0 Å². The third-order valence-electron chi connectivity index (χ3n) is 3.36. The summed E-state index contributed by atoms with van der Waals surface area (Å²) in [6.07, 6.45) is 1.52. The second-order valence-electron chi connectivity index (χ2n) is 5.22. The first kappa shape index (κ1) is 17.5. The molecule has 0 fully saturated rings. The van der Waals surface area contributed by atoms with Crippen LogP contribution in [0.5, 0.6) is 5.75 Å². The van der Waals surface area contributed by atoms with Crippen LogP contribution in [-0.2, 0) is 6.54 Å². The lowest BCUT2D eigenvalue weighted by Gasteiger charge is -2.11. The van der Waals surface area contributed by atoms with Crippen molar-refractivity contribution in [1.29, 1.82) is 0 Å². The molecule has 3 aromatic rings. The Balaban J connectivity index is 1.72. The third kappa shape index (κ3) is 4.59. The van der Waals surface area contributed by atoms with E-state index in [-0.39, 0.29) is 11.3 Å². The van der Waals surface area contributed by atoms with E-state index in [0.29, 0.717) is 17.9 Å². The minimum absolute atomic E-state index is 0.335. The Morgan fingerprint density at radius 3 is 2.50 bits per heavy atom. The highest BCUT2D eigenvalue weighted by Gasteiger charge is 2.30. The zero-order valence-electron chi connectivity index (χ0n) is 13.3. The quantitative estimate of drug-likeness (QED) is 0.755. The molecule has 9 heteroatoms. The fraction of sp³-hybridized carbons (Fsp3) is 0.118. The molecule has 1 N–H and O–H groups in total. The van der Waals surface area contributed by atoms with Crippen molar-refractivity contribution in [2.75, 3.05) is 5.32 Å². The van der Waals surface area contributed by atoms with E-state index in [9.17, 15) is 18.0 Å². The molecule has 0 unspecified atom stereocenters. The molecular weight excluding hydrogens is 349 g/mol. The second-order valence-corrected chi connectivity index (χ2v) is 5.22. The number of benzene rings is 1. The highest BCUT2D eigenvalue weighted by atomic mass is 19.4. The number of hydrogen-bond acceptors (Lipinski definition) is 5. The number of rotatable bonds is 5. The molecule has 0 amide bonds. The Bertz CT molecular complexity index is 925. The first-order valence-electron chi connectivity index (χ1n) is 7.48. The summed E-state index contributed by atoms with van der Waals surface area (Å²) in [7, 11) is 0. The maximum absolute atomic E-state index is 12.2. The highest BCUT2D eigenvalue weighted by molar-refractivity contribution is 5.44. The maximum Gasteiger partial charge on any atom is 0.573 e. The topological polar surface area (TPSA) is 69.0 Å². The van der Waals surface area contributed by atoms with E-state index in [1.807, 2.05) is 0 Å². The van der Waals surface area contributed by atoms with E-state index in [0.717, 1.165) is 17.8 Å². The molecule has 6 nitrogen and oxygen atoms in total. The van der Waals surface area contributed by atoms with E-state index in [4.69, 9.17) is 0 Å². The molecule has 0 saturated carbocycles. The number of alkyl halides is 3. The number of pyridine rings is 1. The van der Waals surface area contributed by atoms with Gasteiger partial charge in [-0.15, -0.1) is 13.2 Å². The lowest BCUT2D eigenvalue weighted by Crippen LogP contribution is -2.18. The number of nitrogens with one attached hydrogen (secondary N) is 1. The van der Waals surface area contributed by atoms with Crippen molar-refractivity contribution in [2.24, 2.45) is 0 Å². The fourth-order valence-corrected chi connectivity index (χ4v) is 2.22. The summed E-state index contributed by atoms with van der Waals surface area (Å²) in [6, 6.07) is 8.10. The summed E-state index contributed by atoms with van der Waals surface area (Å²) in [4.78, 5) is 20.3. The van der Waals surface area contributed by atoms with E-state index in [1.165, 1.54) is 29.0 Å². The Morgan fingerprint density at radius 1 is 1.12 bits per heavy atom. The molecule has 2 aromatic heterocycles. The van der Waals surface area contributed by atoms with Gasteiger partial charge in [0.05, 0.1) is 18.4 Å². The lowest BCUT2D eigenvalue weighted by atomic mass is 10.3. The van der Waals surface area contributed by atoms with Crippen LogP contribution < -0.4 is 15.6 Å². The number of anilines is 1. The molecule has 0 radical (unpaired) electrons. The number of nitrogens with zero attached hydrogens (tertiary/aromatic N) is 3. The predicted octanol–water partition coefficient (Wildman–Crippen LogP) is 3.14. The van der Waals surface area contributed by atoms with Crippen LogP contribution in [0.4, 0.5) is 18.9 Å². The van der Waals surface area contributed by atoms with E-state index >= 15 is 0 Å². The van der Waals surface area contributed by atoms with Crippen molar-refractivity contribution >= 4 is 5.69 Å². The van der Waals surface area contributed by atoms with Crippen LogP contribution in [-0.4, -0.2) is 20.9 Å². The molecule has 0 aliphatic carbocycles. The molecule has 0 saturated heterocycles. The Labute approximate surface area is 145 Å². The largest absolute Gasteiger partial charge is 0.573 e. The van der Waals surface area contributed by atoms with Gasteiger partial charge in [0, 0.05) is 36.0 Å². The lowest BCUT2D eigenvalue weighted by molar-refractivity contribution is -0.274. The molecule has 0 bridgehead atoms. The standard InChI is InChI=1S/C17H13F3N4O2/c18-17(19,20)26-15-3-1-14(2-4-15)24-8-5-12(9-16(24)25)23-11-13-10-21-6-7-22-13/h1-10,23H,11H2. The maximum atomic E-state index is 12.2. The monoisotopic (exact) mass is 362 g/mol. The van der Waals surface area contributed by atoms with Gasteiger partial charge in [-0.3, -0.25) is 19.3 Å². The van der Waals surface area contributed by atoms with Crippen LogP contribution in [0.1, 0.15) is 5.69 Å². The number of ether oxygens (including phenoxy) is 1. The molecule has 3 rings (SSSR count). The number of hydrogen-bond donors (Lipinski definition) is 1. The molecule has 134 valence electrons. The smallest absolute Gasteiger partial charge is 0.406 e. The van der Waals surface area contributed by atoms with Crippen molar-refractivity contribution < 1.29 is 17.9 Å². The average Bonchev–Trinajstić information content (AvgIpc) is 2.61. The van der Waals surface area contributed by atoms with Gasteiger partial charge in [-0.25, -0.2) is 0 Å². The molecule has 2 heterocycles. The van der Waals surface area contributed by atoms with E-state index in [1.54, 1.807) is 24.7 Å². The molecule has 0 aliphatic heterocycles. The van der Waals surface area contributed by atoms with Gasteiger partial charge in [-0.05, 0) is 30.3 Å². The highest BCUT2D eigenvalue weighted by Crippen LogP contribution is 2.23. The Hall–Kier alpha value is -3.36. The second kappa shape index (κ2) is 7.26. The molecular formula is C17H13F3N4O2. The van der Waals surface area contributed by atoms with Gasteiger partial charge >= 0.3 is 6.36 Å². The van der Waals surface area contributed by atoms with Crippen molar-refractivity contribution in [2.45, 2.75) is 12.9 Å². The normalized spacial score (nSPS) is 11.2. The van der Waals surface area contributed by atoms with Gasteiger partial charge in [-0.1, -0.05) is 0 Å². The van der Waals surface area contributed by atoms with Crippen LogP contribution in [0.15, 0.2) is 66.0 Å². The van der Waals surface area contributed by atoms with Crippen molar-refractivity contribution in [3.63, 3.8) is 0 Å². The van der Waals surface area contributed by atoms with Crippen LogP contribution in [0.25, 0.3) is 5.69 Å². The van der Waals surface area contributed by atoms with Gasteiger partial charge < -0.3 is 10.1 Å². The first-order valence-corrected chi connectivity index (χ1v) is 7.48. The van der Waals surface area contributed by atoms with Crippen LogP contribution in [0, 0.1) is 0 Å². The zero-order chi connectivity index (χ0) is 18.6. The van der Waals surface area contributed by atoms with Gasteiger partial charge in [0.25, 0.3) is 5.56 Å². The van der Waals surface area contributed by atoms with Crippen molar-refractivity contribution in [3.8, 4) is 11.4 Å². The number of aromatic nitrogens is 3. The van der Waals surface area contributed by atoms with Gasteiger partial charge in [-0.2, -0.15) is 0 Å². The SMILES string of the molecule is O=c1cc(NCc2cnccn2)ccn1-c1ccc(OC(F)(F)F)cc1. The van der Waals surface area contributed by atoms with Crippen LogP contribution in [0.2, 0.25) is 0 Å². The Kier molecular flexibility index (Phi) is 4.87. The summed E-state index contributed by atoms with van der Waals surface area (Å²) in [5.74, 6) is -0.350. The summed E-state index contributed by atoms with van der Waals surface area (Å²) >= 11 is 0. The van der Waals surface area contributed by atoms with Crippen molar-refractivity contribution in [1.82, 2.24) is 14.5 Å². The average molecular weight is 362 g/mol. The third-order valence-corrected chi connectivity index (χ3v) is 3.36. The first-order chi connectivity index (χ1) is 12.4. The van der Waals surface area contributed by atoms with E-state index < -0.39 is 6.36 Å². The minimum atomic E-state index is -4.76. The van der Waals surface area contributed by atoms with Gasteiger partial charge in [0.1, 0.15) is 5.75 Å². The summed E-state index contributed by atoms with van der Waals surface area (Å²) < 4.78 is 41.6. The van der Waals surface area contributed by atoms with Crippen molar-refractivity contribution in [3.05, 3.63) is 77.2 Å². The van der Waals surface area contributed by atoms with Crippen LogP contribution >= 0.6 is 0 Å². The molecule has 1 aromatic carbocycles. The zero-order valence-corrected chi connectivity index (χ0v) is 13.3. The fourth-order valence-electron chi connectivity index (χ4n) is 2.22. The predicted molar refractivity (Wildman–Crippen MR) is 88.1 cm³/mol. The summed E-state index contributed by atoms with van der Waals surface area (Å²) in [5.41, 5.74) is 1.40. The molecule has 0 spiro atoms. The number of halogens is 3. The molecule has 0 atom stereocenters.